The highest BCUT2D eigenvalue weighted by Gasteiger charge is 2.08. The summed E-state index contributed by atoms with van der Waals surface area (Å²) in [6.45, 7) is 1.85. The smallest absolute Gasteiger partial charge is 0.334 e. The molecule has 0 bridgehead atoms. The summed E-state index contributed by atoms with van der Waals surface area (Å²) in [6, 6.07) is 3.46. The standard InChI is InChI=1S/C11H10ClFO3/c1-2-16-11(15)6-10(14)8-4-3-7(13)5-9(8)12/h3-6,14H,2H2,1H3/b10-6-. The second kappa shape index (κ2) is 5.51. The average Bonchev–Trinajstić information content (AvgIpc) is 2.17. The molecule has 0 saturated heterocycles. The van der Waals surface area contributed by atoms with Crippen LogP contribution in [-0.2, 0) is 9.53 Å². The molecular formula is C11H10ClFO3. The predicted molar refractivity (Wildman–Crippen MR) is 58.6 cm³/mol. The Hall–Kier alpha value is -1.55. The largest absolute Gasteiger partial charge is 0.507 e. The van der Waals surface area contributed by atoms with Crippen LogP contribution in [0.2, 0.25) is 5.02 Å². The van der Waals surface area contributed by atoms with Crippen molar-refractivity contribution in [2.24, 2.45) is 0 Å². The SMILES string of the molecule is CCOC(=O)/C=C(\O)c1ccc(F)cc1Cl. The number of benzene rings is 1. The van der Waals surface area contributed by atoms with Gasteiger partial charge < -0.3 is 9.84 Å². The normalized spacial score (nSPS) is 11.3. The second-order valence-corrected chi connectivity index (χ2v) is 3.31. The van der Waals surface area contributed by atoms with Crippen molar-refractivity contribution in [3.63, 3.8) is 0 Å². The molecular weight excluding hydrogens is 235 g/mol. The Kier molecular flexibility index (Phi) is 4.31. The lowest BCUT2D eigenvalue weighted by Gasteiger charge is -2.03. The number of rotatable bonds is 3. The van der Waals surface area contributed by atoms with E-state index in [1.165, 1.54) is 6.07 Å². The number of aliphatic hydroxyl groups is 1. The molecule has 0 atom stereocenters. The molecule has 3 nitrogen and oxygen atoms in total. The number of ether oxygens (including phenoxy) is 1. The van der Waals surface area contributed by atoms with Gasteiger partial charge in [0, 0.05) is 5.56 Å². The third-order valence-corrected chi connectivity index (χ3v) is 2.06. The summed E-state index contributed by atoms with van der Waals surface area (Å²) in [4.78, 5) is 11.0. The molecule has 16 heavy (non-hydrogen) atoms. The summed E-state index contributed by atoms with van der Waals surface area (Å²) >= 11 is 5.69. The van der Waals surface area contributed by atoms with Crippen LogP contribution in [0.25, 0.3) is 5.76 Å². The fourth-order valence-electron chi connectivity index (χ4n) is 1.07. The number of carbonyl (C=O) groups is 1. The first-order valence-corrected chi connectivity index (χ1v) is 4.95. The third-order valence-electron chi connectivity index (χ3n) is 1.75. The molecule has 0 heterocycles. The van der Waals surface area contributed by atoms with Gasteiger partial charge in [0.15, 0.2) is 0 Å². The minimum atomic E-state index is -0.680. The van der Waals surface area contributed by atoms with Crippen molar-refractivity contribution in [1.82, 2.24) is 0 Å². The van der Waals surface area contributed by atoms with Crippen LogP contribution in [0.5, 0.6) is 0 Å². The zero-order chi connectivity index (χ0) is 12.1. The summed E-state index contributed by atoms with van der Waals surface area (Å²) in [5, 5.41) is 9.57. The Labute approximate surface area is 97.1 Å². The summed E-state index contributed by atoms with van der Waals surface area (Å²) in [7, 11) is 0. The molecule has 0 spiro atoms. The third kappa shape index (κ3) is 3.24. The van der Waals surface area contributed by atoms with Gasteiger partial charge in [0.25, 0.3) is 0 Å². The molecule has 1 rings (SSSR count). The molecule has 0 saturated carbocycles. The van der Waals surface area contributed by atoms with Gasteiger partial charge in [0.05, 0.1) is 17.7 Å². The summed E-state index contributed by atoms with van der Waals surface area (Å²) in [5.74, 6) is -1.55. The lowest BCUT2D eigenvalue weighted by molar-refractivity contribution is -0.137. The molecule has 0 fully saturated rings. The van der Waals surface area contributed by atoms with E-state index >= 15 is 0 Å². The highest BCUT2D eigenvalue weighted by molar-refractivity contribution is 6.32. The quantitative estimate of drug-likeness (QED) is 0.505. The molecule has 0 radical (unpaired) electrons. The molecule has 0 aromatic heterocycles. The van der Waals surface area contributed by atoms with E-state index in [0.717, 1.165) is 18.2 Å². The molecule has 0 aliphatic carbocycles. The second-order valence-electron chi connectivity index (χ2n) is 2.91. The lowest BCUT2D eigenvalue weighted by Crippen LogP contribution is -2.01. The van der Waals surface area contributed by atoms with E-state index in [1.54, 1.807) is 6.92 Å². The first-order chi connectivity index (χ1) is 7.54. The molecule has 1 aromatic carbocycles. The topological polar surface area (TPSA) is 46.5 Å². The van der Waals surface area contributed by atoms with E-state index in [4.69, 9.17) is 11.6 Å². The van der Waals surface area contributed by atoms with E-state index in [2.05, 4.69) is 4.74 Å². The van der Waals surface area contributed by atoms with Crippen molar-refractivity contribution >= 4 is 23.3 Å². The van der Waals surface area contributed by atoms with Crippen molar-refractivity contribution in [3.8, 4) is 0 Å². The summed E-state index contributed by atoms with van der Waals surface area (Å²) in [5.41, 5.74) is 0.177. The molecule has 1 aromatic rings. The Morgan fingerprint density at radius 1 is 1.62 bits per heavy atom. The van der Waals surface area contributed by atoms with Crippen LogP contribution < -0.4 is 0 Å². The Morgan fingerprint density at radius 2 is 2.31 bits per heavy atom. The highest BCUT2D eigenvalue weighted by atomic mass is 35.5. The van der Waals surface area contributed by atoms with Gasteiger partial charge in [-0.1, -0.05) is 11.6 Å². The highest BCUT2D eigenvalue weighted by Crippen LogP contribution is 2.23. The maximum absolute atomic E-state index is 12.7. The van der Waals surface area contributed by atoms with Crippen molar-refractivity contribution in [2.75, 3.05) is 6.61 Å². The van der Waals surface area contributed by atoms with Gasteiger partial charge in [-0.3, -0.25) is 0 Å². The van der Waals surface area contributed by atoms with E-state index in [9.17, 15) is 14.3 Å². The number of carbonyl (C=O) groups excluding carboxylic acids is 1. The number of halogens is 2. The van der Waals surface area contributed by atoms with Gasteiger partial charge >= 0.3 is 5.97 Å². The first kappa shape index (κ1) is 12.5. The zero-order valence-corrected chi connectivity index (χ0v) is 9.29. The van der Waals surface area contributed by atoms with Crippen molar-refractivity contribution < 1.29 is 19.0 Å². The van der Waals surface area contributed by atoms with Gasteiger partial charge in [-0.05, 0) is 25.1 Å². The van der Waals surface area contributed by atoms with Crippen molar-refractivity contribution in [2.45, 2.75) is 6.92 Å². The monoisotopic (exact) mass is 244 g/mol. The van der Waals surface area contributed by atoms with E-state index < -0.39 is 11.8 Å². The molecule has 5 heteroatoms. The van der Waals surface area contributed by atoms with Crippen LogP contribution in [0.1, 0.15) is 12.5 Å². The Morgan fingerprint density at radius 3 is 2.88 bits per heavy atom. The Bertz CT molecular complexity index is 429. The van der Waals surface area contributed by atoms with E-state index in [1.807, 2.05) is 0 Å². The summed E-state index contributed by atoms with van der Waals surface area (Å²) in [6.07, 6.45) is 0.891. The van der Waals surface area contributed by atoms with Crippen LogP contribution >= 0.6 is 11.6 Å². The average molecular weight is 245 g/mol. The fraction of sp³-hybridized carbons (Fsp3) is 0.182. The fourth-order valence-corrected chi connectivity index (χ4v) is 1.33. The van der Waals surface area contributed by atoms with Crippen molar-refractivity contribution in [3.05, 3.63) is 40.7 Å². The maximum Gasteiger partial charge on any atom is 0.334 e. The Balaban J connectivity index is 2.96. The van der Waals surface area contributed by atoms with Gasteiger partial charge in [-0.25, -0.2) is 9.18 Å². The minimum Gasteiger partial charge on any atom is -0.507 e. The molecule has 0 aliphatic rings. The van der Waals surface area contributed by atoms with Gasteiger partial charge in [0.2, 0.25) is 0 Å². The van der Waals surface area contributed by atoms with E-state index in [-0.39, 0.29) is 23.0 Å². The molecule has 0 unspecified atom stereocenters. The van der Waals surface area contributed by atoms with Crippen LogP contribution in [0, 0.1) is 5.82 Å². The minimum absolute atomic E-state index is 0.0260. The zero-order valence-electron chi connectivity index (χ0n) is 8.54. The van der Waals surface area contributed by atoms with Gasteiger partial charge in [0.1, 0.15) is 11.6 Å². The lowest BCUT2D eigenvalue weighted by atomic mass is 10.2. The van der Waals surface area contributed by atoms with Crippen LogP contribution in [0.15, 0.2) is 24.3 Å². The predicted octanol–water partition coefficient (Wildman–Crippen LogP) is 2.94. The molecule has 0 amide bonds. The molecule has 1 N–H and O–H groups in total. The summed E-state index contributed by atoms with van der Waals surface area (Å²) < 4.78 is 17.3. The van der Waals surface area contributed by atoms with Crippen LogP contribution in [-0.4, -0.2) is 17.7 Å². The molecule has 0 aliphatic heterocycles. The maximum atomic E-state index is 12.7. The van der Waals surface area contributed by atoms with E-state index in [0.29, 0.717) is 0 Å². The molecule has 86 valence electrons. The van der Waals surface area contributed by atoms with Gasteiger partial charge in [-0.15, -0.1) is 0 Å². The number of aliphatic hydroxyl groups excluding tert-OH is 1. The number of hydrogen-bond donors (Lipinski definition) is 1. The first-order valence-electron chi connectivity index (χ1n) is 4.57. The van der Waals surface area contributed by atoms with Crippen LogP contribution in [0.4, 0.5) is 4.39 Å². The van der Waals surface area contributed by atoms with Crippen molar-refractivity contribution in [1.29, 1.82) is 0 Å². The van der Waals surface area contributed by atoms with Crippen LogP contribution in [0.3, 0.4) is 0 Å². The number of esters is 1. The van der Waals surface area contributed by atoms with Gasteiger partial charge in [-0.2, -0.15) is 0 Å². The number of hydrogen-bond acceptors (Lipinski definition) is 3.